The van der Waals surface area contributed by atoms with E-state index in [1.807, 2.05) is 26.0 Å². The van der Waals surface area contributed by atoms with Crippen molar-refractivity contribution in [3.63, 3.8) is 0 Å². The molecular formula is C15H19N3O3. The molecule has 0 saturated carbocycles. The van der Waals surface area contributed by atoms with Crippen LogP contribution in [-0.4, -0.2) is 38.3 Å². The van der Waals surface area contributed by atoms with Gasteiger partial charge in [0.05, 0.1) is 11.1 Å². The maximum atomic E-state index is 11.1. The van der Waals surface area contributed by atoms with Crippen LogP contribution in [0.25, 0.3) is 10.9 Å². The summed E-state index contributed by atoms with van der Waals surface area (Å²) in [5, 5.41) is 23.2. The number of carbonyl (C=O) groups is 1. The van der Waals surface area contributed by atoms with E-state index in [0.29, 0.717) is 30.7 Å². The van der Waals surface area contributed by atoms with E-state index in [9.17, 15) is 9.90 Å². The molecule has 6 heteroatoms. The van der Waals surface area contributed by atoms with Crippen LogP contribution in [0.4, 0.5) is 5.82 Å². The fourth-order valence-corrected chi connectivity index (χ4v) is 2.06. The first-order valence-corrected chi connectivity index (χ1v) is 6.95. The molecule has 1 aromatic carbocycles. The Morgan fingerprint density at radius 2 is 1.90 bits per heavy atom. The van der Waals surface area contributed by atoms with Gasteiger partial charge in [-0.25, -0.2) is 14.8 Å². The molecule has 0 unspecified atom stereocenters. The normalized spacial score (nSPS) is 11.6. The van der Waals surface area contributed by atoms with Crippen LogP contribution in [0.2, 0.25) is 0 Å². The van der Waals surface area contributed by atoms with Crippen molar-refractivity contribution in [3.05, 3.63) is 30.1 Å². The van der Waals surface area contributed by atoms with Crippen LogP contribution in [0.15, 0.2) is 24.3 Å². The Kier molecular flexibility index (Phi) is 4.37. The predicted octanol–water partition coefficient (Wildman–Crippen LogP) is 2.29. The van der Waals surface area contributed by atoms with Crippen LogP contribution in [-0.2, 0) is 0 Å². The van der Waals surface area contributed by atoms with E-state index in [1.165, 1.54) is 0 Å². The number of aromatic nitrogens is 2. The summed E-state index contributed by atoms with van der Waals surface area (Å²) < 4.78 is 0. The van der Waals surface area contributed by atoms with Crippen molar-refractivity contribution < 1.29 is 15.0 Å². The van der Waals surface area contributed by atoms with Crippen molar-refractivity contribution in [2.24, 2.45) is 0 Å². The summed E-state index contributed by atoms with van der Waals surface area (Å²) in [6, 6.07) is 7.18. The highest BCUT2D eigenvalue weighted by molar-refractivity contribution is 5.93. The molecule has 0 amide bonds. The average molecular weight is 289 g/mol. The summed E-state index contributed by atoms with van der Waals surface area (Å²) in [7, 11) is 0. The lowest BCUT2D eigenvalue weighted by molar-refractivity contribution is 0.0456. The molecule has 0 radical (unpaired) electrons. The molecule has 112 valence electrons. The quantitative estimate of drug-likeness (QED) is 0.755. The Balaban J connectivity index is 2.40. The van der Waals surface area contributed by atoms with Gasteiger partial charge in [-0.1, -0.05) is 26.0 Å². The summed E-state index contributed by atoms with van der Waals surface area (Å²) in [4.78, 5) is 19.2. The van der Waals surface area contributed by atoms with E-state index >= 15 is 0 Å². The van der Waals surface area contributed by atoms with Crippen molar-refractivity contribution in [2.75, 3.05) is 11.9 Å². The number of nitrogens with zero attached hydrogens (tertiary/aromatic N) is 2. The number of aromatic carboxylic acids is 1. The van der Waals surface area contributed by atoms with Gasteiger partial charge in [-0.2, -0.15) is 0 Å². The molecule has 0 saturated heterocycles. The Morgan fingerprint density at radius 1 is 1.24 bits per heavy atom. The summed E-state index contributed by atoms with van der Waals surface area (Å²) >= 11 is 0. The number of hydrogen-bond donors (Lipinski definition) is 3. The van der Waals surface area contributed by atoms with Crippen LogP contribution < -0.4 is 5.32 Å². The fourth-order valence-electron chi connectivity index (χ4n) is 2.06. The van der Waals surface area contributed by atoms with Crippen LogP contribution in [0, 0.1) is 0 Å². The van der Waals surface area contributed by atoms with Crippen molar-refractivity contribution in [1.82, 2.24) is 9.97 Å². The Labute approximate surface area is 122 Å². The Hall–Kier alpha value is -2.21. The van der Waals surface area contributed by atoms with E-state index < -0.39 is 11.6 Å². The van der Waals surface area contributed by atoms with Crippen molar-refractivity contribution in [2.45, 2.75) is 32.3 Å². The second-order valence-electron chi connectivity index (χ2n) is 5.00. The summed E-state index contributed by atoms with van der Waals surface area (Å²) in [6.45, 7) is 4.12. The molecule has 1 aromatic heterocycles. The zero-order chi connectivity index (χ0) is 15.5. The molecule has 0 aliphatic heterocycles. The van der Waals surface area contributed by atoms with Gasteiger partial charge in [0.1, 0.15) is 5.82 Å². The molecule has 2 aromatic rings. The molecule has 2 rings (SSSR count). The minimum Gasteiger partial charge on any atom is -0.475 e. The van der Waals surface area contributed by atoms with Gasteiger partial charge in [0, 0.05) is 11.9 Å². The van der Waals surface area contributed by atoms with Gasteiger partial charge < -0.3 is 15.5 Å². The van der Waals surface area contributed by atoms with Gasteiger partial charge in [0.25, 0.3) is 0 Å². The highest BCUT2D eigenvalue weighted by Crippen LogP contribution is 2.22. The first-order chi connectivity index (χ1) is 9.99. The molecule has 3 N–H and O–H groups in total. The topological polar surface area (TPSA) is 95.3 Å². The highest BCUT2D eigenvalue weighted by Gasteiger charge is 2.22. The molecule has 21 heavy (non-hydrogen) atoms. The number of para-hydroxylation sites is 1. The number of carboxylic acid groups (broad SMARTS) is 1. The standard InChI is InChI=1S/C15H19N3O3/c1-3-15(21,4-2)9-16-12-10-7-5-6-8-11(10)17-13(18-12)14(19)20/h5-8,21H,3-4,9H2,1-2H3,(H,19,20)(H,16,17,18). The minimum absolute atomic E-state index is 0.257. The van der Waals surface area contributed by atoms with E-state index in [4.69, 9.17) is 5.11 Å². The lowest BCUT2D eigenvalue weighted by atomic mass is 9.97. The SMILES string of the molecule is CCC(O)(CC)CNc1nc(C(=O)O)nc2ccccc12. The van der Waals surface area contributed by atoms with Gasteiger partial charge in [0.15, 0.2) is 0 Å². The lowest BCUT2D eigenvalue weighted by Gasteiger charge is -2.26. The maximum Gasteiger partial charge on any atom is 0.374 e. The fraction of sp³-hybridized carbons (Fsp3) is 0.400. The number of nitrogens with one attached hydrogen (secondary N) is 1. The molecule has 1 heterocycles. The van der Waals surface area contributed by atoms with Gasteiger partial charge in [-0.05, 0) is 25.0 Å². The lowest BCUT2D eigenvalue weighted by Crippen LogP contribution is -2.35. The summed E-state index contributed by atoms with van der Waals surface area (Å²) in [5.74, 6) is -1.00. The van der Waals surface area contributed by atoms with Crippen molar-refractivity contribution in [3.8, 4) is 0 Å². The number of benzene rings is 1. The molecule has 6 nitrogen and oxygen atoms in total. The maximum absolute atomic E-state index is 11.1. The Bertz CT molecular complexity index is 654. The molecule has 0 fully saturated rings. The second-order valence-corrected chi connectivity index (χ2v) is 5.00. The zero-order valence-corrected chi connectivity index (χ0v) is 12.1. The number of rotatable bonds is 6. The Morgan fingerprint density at radius 3 is 2.52 bits per heavy atom. The number of anilines is 1. The van der Waals surface area contributed by atoms with E-state index in [2.05, 4.69) is 15.3 Å². The van der Waals surface area contributed by atoms with Gasteiger partial charge in [-0.3, -0.25) is 0 Å². The number of aliphatic hydroxyl groups is 1. The van der Waals surface area contributed by atoms with E-state index in [0.717, 1.165) is 5.39 Å². The summed E-state index contributed by atoms with van der Waals surface area (Å²) in [6.07, 6.45) is 1.20. The average Bonchev–Trinajstić information content (AvgIpc) is 2.51. The third kappa shape index (κ3) is 3.28. The second kappa shape index (κ2) is 6.05. The van der Waals surface area contributed by atoms with Crippen LogP contribution in [0.1, 0.15) is 37.3 Å². The first kappa shape index (κ1) is 15.2. The smallest absolute Gasteiger partial charge is 0.374 e. The third-order valence-electron chi connectivity index (χ3n) is 3.70. The number of carboxylic acids is 1. The van der Waals surface area contributed by atoms with Crippen LogP contribution >= 0.6 is 0 Å². The number of fused-ring (bicyclic) bond motifs is 1. The molecule has 0 spiro atoms. The minimum atomic E-state index is -1.18. The zero-order valence-electron chi connectivity index (χ0n) is 12.1. The van der Waals surface area contributed by atoms with Crippen molar-refractivity contribution in [1.29, 1.82) is 0 Å². The van der Waals surface area contributed by atoms with Gasteiger partial charge >= 0.3 is 5.97 Å². The van der Waals surface area contributed by atoms with E-state index in [-0.39, 0.29) is 5.82 Å². The van der Waals surface area contributed by atoms with E-state index in [1.54, 1.807) is 12.1 Å². The highest BCUT2D eigenvalue weighted by atomic mass is 16.4. The first-order valence-electron chi connectivity index (χ1n) is 6.95. The van der Waals surface area contributed by atoms with Gasteiger partial charge in [-0.15, -0.1) is 0 Å². The molecule has 0 atom stereocenters. The van der Waals surface area contributed by atoms with Crippen LogP contribution in [0.3, 0.4) is 0 Å². The molecule has 0 aliphatic carbocycles. The number of hydrogen-bond acceptors (Lipinski definition) is 5. The predicted molar refractivity (Wildman–Crippen MR) is 80.5 cm³/mol. The van der Waals surface area contributed by atoms with Crippen molar-refractivity contribution >= 4 is 22.7 Å². The molecular weight excluding hydrogens is 270 g/mol. The largest absolute Gasteiger partial charge is 0.475 e. The van der Waals surface area contributed by atoms with Gasteiger partial charge in [0.2, 0.25) is 5.82 Å². The summed E-state index contributed by atoms with van der Waals surface area (Å²) in [5.41, 5.74) is -0.279. The molecule has 0 aliphatic rings. The third-order valence-corrected chi connectivity index (χ3v) is 3.70. The monoisotopic (exact) mass is 289 g/mol. The van der Waals surface area contributed by atoms with Crippen LogP contribution in [0.5, 0.6) is 0 Å². The molecule has 0 bridgehead atoms.